The first-order chi connectivity index (χ1) is 2.00. The van der Waals surface area contributed by atoms with Crippen LogP contribution < -0.4 is 0 Å². The van der Waals surface area contributed by atoms with Crippen molar-refractivity contribution >= 4 is 74.5 Å². The molecule has 4 heavy (non-hydrogen) atoms. The van der Waals surface area contributed by atoms with Crippen molar-refractivity contribution in [3.05, 3.63) is 0 Å². The monoisotopic (exact) mass is 508 g/mol. The highest BCUT2D eigenvalue weighted by atomic mass is 128. The van der Waals surface area contributed by atoms with E-state index in [0.29, 0.717) is 0 Å². The molecule has 0 fully saturated rings. The van der Waals surface area contributed by atoms with Crippen molar-refractivity contribution in [2.45, 2.75) is 0 Å². The Morgan fingerprint density at radius 3 is 0.500 bits per heavy atom. The van der Waals surface area contributed by atoms with Gasteiger partial charge in [0.1, 0.15) is 0 Å². The first-order valence-electron chi connectivity index (χ1n) is 0.286. The molecule has 0 bridgehead atoms. The molecule has 0 saturated heterocycles. The Kier molecular flexibility index (Phi) is 42.1. The summed E-state index contributed by atoms with van der Waals surface area (Å²) in [6.45, 7) is 0. The molecule has 0 aliphatic rings. The van der Waals surface area contributed by atoms with Gasteiger partial charge in [0.05, 0.1) is 0 Å². The van der Waals surface area contributed by atoms with Crippen LogP contribution in [0.3, 0.4) is 0 Å². The van der Waals surface area contributed by atoms with E-state index in [4.69, 9.17) is 0 Å². The van der Waals surface area contributed by atoms with Crippen molar-refractivity contribution in [1.29, 1.82) is 0 Å². The maximum absolute atomic E-state index is 2.12. The van der Waals surface area contributed by atoms with Crippen molar-refractivity contribution in [3.63, 3.8) is 0 Å². The van der Waals surface area contributed by atoms with Crippen LogP contribution in [0.15, 0.2) is 0 Å². The second-order valence-electron chi connectivity index (χ2n) is 0. The maximum Gasteiger partial charge on any atom is 0 e. The lowest BCUT2D eigenvalue weighted by molar-refractivity contribution is 13.0. The SMILES string of the molecule is II.II. The molecular weight excluding hydrogens is 508 g/mol. The molecule has 0 rings (SSSR count). The molecule has 0 N–H and O–H groups in total. The third-order valence-electron chi connectivity index (χ3n) is 0. The standard InChI is InChI=1S/2I2/c2*1-2. The molecule has 0 aliphatic carbocycles. The van der Waals surface area contributed by atoms with Gasteiger partial charge in [-0.3, -0.25) is 0 Å². The molecule has 0 aromatic heterocycles. The number of hydrogen-bond donors (Lipinski definition) is 0. The van der Waals surface area contributed by atoms with Gasteiger partial charge in [-0.1, -0.05) is 0 Å². The fourth-order valence-electron chi connectivity index (χ4n) is 0. The zero-order valence-corrected chi connectivity index (χ0v) is 10.1. The van der Waals surface area contributed by atoms with Gasteiger partial charge in [0.2, 0.25) is 0 Å². The second kappa shape index (κ2) is 16.8. The molecule has 0 radical (unpaired) electrons. The summed E-state index contributed by atoms with van der Waals surface area (Å²) in [5.41, 5.74) is 0. The van der Waals surface area contributed by atoms with E-state index in [-0.39, 0.29) is 0 Å². The first kappa shape index (κ1) is 10.0. The zero-order valence-electron chi connectivity index (χ0n) is 1.51. The van der Waals surface area contributed by atoms with Crippen LogP contribution in [-0.2, 0) is 0 Å². The molecule has 0 saturated carbocycles. The third kappa shape index (κ3) is 8.87. The molecule has 28 valence electrons. The minimum atomic E-state index is 2.12. The van der Waals surface area contributed by atoms with E-state index in [1.54, 1.807) is 0 Å². The normalized spacial score (nSPS) is 3.00. The molecule has 0 aliphatic heterocycles. The Labute approximate surface area is 72.5 Å². The van der Waals surface area contributed by atoms with Gasteiger partial charge in [-0.2, -0.15) is 0 Å². The molecule has 0 aromatic rings. The lowest BCUT2D eigenvalue weighted by Crippen LogP contribution is -0.114. The smallest absolute Gasteiger partial charge is 0 e. The van der Waals surface area contributed by atoms with Gasteiger partial charge in [-0.15, -0.1) is 0 Å². The zero-order chi connectivity index (χ0) is 4.00. The van der Waals surface area contributed by atoms with Crippen molar-refractivity contribution in [1.82, 2.24) is 0 Å². The lowest BCUT2D eigenvalue weighted by Gasteiger charge is -1.00. The summed E-state index contributed by atoms with van der Waals surface area (Å²) < 4.78 is 0. The molecule has 0 aromatic carbocycles. The molecule has 0 unspecified atom stereocenters. The predicted molar refractivity (Wildman–Crippen MR) is 56.1 cm³/mol. The Hall–Kier alpha value is 2.92. The average molecular weight is 508 g/mol. The summed E-state index contributed by atoms with van der Waals surface area (Å²) in [7, 11) is 0. The summed E-state index contributed by atoms with van der Waals surface area (Å²) in [6, 6.07) is 0. The number of hydrogen-bond acceptors (Lipinski definition) is 0. The second-order valence-corrected chi connectivity index (χ2v) is 0. The minimum Gasteiger partial charge on any atom is 0 e. The van der Waals surface area contributed by atoms with E-state index in [0.717, 1.165) is 0 Å². The Bertz CT molecular complexity index is 0. The van der Waals surface area contributed by atoms with Crippen molar-refractivity contribution in [2.24, 2.45) is 0 Å². The quantitative estimate of drug-likeness (QED) is 0.440. The topological polar surface area (TPSA) is 0 Å². The van der Waals surface area contributed by atoms with E-state index in [1.165, 1.54) is 0 Å². The van der Waals surface area contributed by atoms with Gasteiger partial charge in [-0.05, 0) is 0 Å². The van der Waals surface area contributed by atoms with Crippen LogP contribution in [-0.4, -0.2) is 0 Å². The predicted octanol–water partition coefficient (Wildman–Crippen LogP) is 3.54. The van der Waals surface area contributed by atoms with Crippen LogP contribution in [0.4, 0.5) is 0 Å². The van der Waals surface area contributed by atoms with E-state index in [1.807, 2.05) is 0 Å². The summed E-state index contributed by atoms with van der Waals surface area (Å²) in [5, 5.41) is 0. The summed E-state index contributed by atoms with van der Waals surface area (Å²) in [6.07, 6.45) is 0. The summed E-state index contributed by atoms with van der Waals surface area (Å²) >= 11 is 8.48. The molecule has 0 nitrogen and oxygen atoms in total. The third-order valence-corrected chi connectivity index (χ3v) is 0. The summed E-state index contributed by atoms with van der Waals surface area (Å²) in [5.74, 6) is 0. The van der Waals surface area contributed by atoms with Gasteiger partial charge in [0.25, 0.3) is 0 Å². The fraction of sp³-hybridized carbons (Fsp3) is 0. The van der Waals surface area contributed by atoms with E-state index >= 15 is 0 Å². The van der Waals surface area contributed by atoms with Crippen LogP contribution in [0.1, 0.15) is 0 Å². The van der Waals surface area contributed by atoms with Gasteiger partial charge in [0.15, 0.2) is 0 Å². The molecule has 0 amide bonds. The summed E-state index contributed by atoms with van der Waals surface area (Å²) in [4.78, 5) is 0. The molecule has 0 heterocycles. The highest BCUT2D eigenvalue weighted by Gasteiger charge is 1.00. The van der Waals surface area contributed by atoms with Crippen LogP contribution >= 0.6 is 74.5 Å². The van der Waals surface area contributed by atoms with Gasteiger partial charge >= 0.3 is 0 Å². The van der Waals surface area contributed by atoms with E-state index < -0.39 is 0 Å². The van der Waals surface area contributed by atoms with Crippen molar-refractivity contribution in [3.8, 4) is 0 Å². The first-order valence-corrected chi connectivity index (χ1v) is 12.9. The highest BCUT2D eigenvalue weighted by Crippen LogP contribution is 1.89. The van der Waals surface area contributed by atoms with Crippen LogP contribution in [0.25, 0.3) is 0 Å². The number of halogens is 4. The Morgan fingerprint density at radius 2 is 0.500 bits per heavy atom. The molecule has 0 spiro atoms. The molecular formula is I4. The molecule has 4 heteroatoms. The van der Waals surface area contributed by atoms with E-state index in [2.05, 4.69) is 74.5 Å². The lowest BCUT2D eigenvalue weighted by atomic mass is 126. The van der Waals surface area contributed by atoms with Crippen molar-refractivity contribution in [2.75, 3.05) is 0 Å². The Morgan fingerprint density at radius 1 is 0.500 bits per heavy atom. The fourth-order valence-corrected chi connectivity index (χ4v) is 0. The van der Waals surface area contributed by atoms with Crippen molar-refractivity contribution < 1.29 is 0 Å². The Balaban J connectivity index is 0. The largest absolute Gasteiger partial charge is 0 e. The number of rotatable bonds is 0. The van der Waals surface area contributed by atoms with Crippen LogP contribution in [0.5, 0.6) is 0 Å². The van der Waals surface area contributed by atoms with Gasteiger partial charge in [-0.25, -0.2) is 0 Å². The highest BCUT2D eigenvalue weighted by molar-refractivity contribution is 15.0. The van der Waals surface area contributed by atoms with E-state index in [9.17, 15) is 0 Å². The maximum atomic E-state index is 2.12. The van der Waals surface area contributed by atoms with Gasteiger partial charge in [0, 0.05) is 74.5 Å². The van der Waals surface area contributed by atoms with Crippen LogP contribution in [0.2, 0.25) is 0 Å². The molecule has 0 atom stereocenters. The van der Waals surface area contributed by atoms with Gasteiger partial charge < -0.3 is 0 Å². The minimum absolute atomic E-state index is 2.12. The average Bonchev–Trinajstić information content (AvgIpc) is 1.50. The van der Waals surface area contributed by atoms with Crippen LogP contribution in [0, 0.1) is 0 Å².